The first-order valence-electron chi connectivity index (χ1n) is 6.08. The van der Waals surface area contributed by atoms with Gasteiger partial charge in [0.15, 0.2) is 4.73 Å². The first-order chi connectivity index (χ1) is 9.63. The van der Waals surface area contributed by atoms with Crippen LogP contribution in [0.25, 0.3) is 0 Å². The van der Waals surface area contributed by atoms with Gasteiger partial charge in [0.05, 0.1) is 0 Å². The Balaban J connectivity index is 1.55. The Morgan fingerprint density at radius 3 is 2.65 bits per heavy atom. The van der Waals surface area contributed by atoms with Gasteiger partial charge in [0.1, 0.15) is 6.61 Å². The molecule has 0 radical (unpaired) electrons. The van der Waals surface area contributed by atoms with Crippen molar-refractivity contribution in [2.45, 2.75) is 6.10 Å². The van der Waals surface area contributed by atoms with E-state index in [-0.39, 0.29) is 12.5 Å². The van der Waals surface area contributed by atoms with E-state index >= 15 is 0 Å². The van der Waals surface area contributed by atoms with Gasteiger partial charge in [-0.15, -0.1) is 5.10 Å². The second-order valence-corrected chi connectivity index (χ2v) is 5.16. The van der Waals surface area contributed by atoms with Gasteiger partial charge in [-0.3, -0.25) is 9.89 Å². The molecule has 20 heavy (non-hydrogen) atoms. The zero-order chi connectivity index (χ0) is 14.1. The van der Waals surface area contributed by atoms with Crippen LogP contribution in [-0.4, -0.2) is 71.0 Å². The highest BCUT2D eigenvalue weighted by Gasteiger charge is 2.36. The number of nitrogens with zero attached hydrogens (tertiary/aromatic N) is 4. The van der Waals surface area contributed by atoms with Crippen LogP contribution in [0, 0.1) is 0 Å². The van der Waals surface area contributed by atoms with E-state index in [1.54, 1.807) is 4.90 Å². The minimum Gasteiger partial charge on any atom is -0.430 e. The summed E-state index contributed by atoms with van der Waals surface area (Å²) in [6.45, 7) is 2.29. The van der Waals surface area contributed by atoms with Crippen molar-refractivity contribution in [2.24, 2.45) is 0 Å². The largest absolute Gasteiger partial charge is 0.509 e. The van der Waals surface area contributed by atoms with Crippen molar-refractivity contribution in [2.75, 3.05) is 37.7 Å². The van der Waals surface area contributed by atoms with Crippen molar-refractivity contribution >= 4 is 33.9 Å². The molecule has 10 heteroatoms. The molecule has 108 valence electrons. The number of aromatic nitrogens is 3. The van der Waals surface area contributed by atoms with E-state index in [0.717, 1.165) is 0 Å². The van der Waals surface area contributed by atoms with Crippen molar-refractivity contribution in [3.05, 3.63) is 4.73 Å². The van der Waals surface area contributed by atoms with Crippen LogP contribution in [0.3, 0.4) is 0 Å². The van der Waals surface area contributed by atoms with E-state index in [0.29, 0.717) is 36.9 Å². The summed E-state index contributed by atoms with van der Waals surface area (Å²) in [4.78, 5) is 30.7. The first kappa shape index (κ1) is 13.2. The minimum absolute atomic E-state index is 0.00819. The molecule has 0 saturated carbocycles. The fraction of sp³-hybridized carbons (Fsp3) is 0.600. The number of ether oxygens (including phenoxy) is 2. The monoisotopic (exact) mass is 345 g/mol. The van der Waals surface area contributed by atoms with Crippen LogP contribution in [0.4, 0.5) is 10.7 Å². The number of anilines is 1. The van der Waals surface area contributed by atoms with E-state index < -0.39 is 12.3 Å². The Morgan fingerprint density at radius 2 is 2.10 bits per heavy atom. The molecule has 0 aliphatic carbocycles. The normalized spacial score (nSPS) is 22.6. The third kappa shape index (κ3) is 2.55. The van der Waals surface area contributed by atoms with E-state index in [4.69, 9.17) is 4.74 Å². The SMILES string of the molecule is O=C1OCC(C(=O)N2CCN(c3n[nH]c(Br)n3)CC2)O1. The fourth-order valence-electron chi connectivity index (χ4n) is 2.16. The Labute approximate surface area is 122 Å². The van der Waals surface area contributed by atoms with Crippen molar-refractivity contribution in [3.8, 4) is 0 Å². The summed E-state index contributed by atoms with van der Waals surface area (Å²) < 4.78 is 9.98. The summed E-state index contributed by atoms with van der Waals surface area (Å²) in [6.07, 6.45) is -1.60. The van der Waals surface area contributed by atoms with Crippen molar-refractivity contribution in [1.29, 1.82) is 0 Å². The number of aromatic amines is 1. The number of cyclic esters (lactones) is 2. The lowest BCUT2D eigenvalue weighted by Gasteiger charge is -2.34. The minimum atomic E-state index is -0.813. The number of nitrogens with one attached hydrogen (secondary N) is 1. The molecule has 3 heterocycles. The molecule has 2 aliphatic heterocycles. The van der Waals surface area contributed by atoms with Crippen LogP contribution in [-0.2, 0) is 14.3 Å². The second kappa shape index (κ2) is 5.27. The van der Waals surface area contributed by atoms with E-state index in [1.165, 1.54) is 0 Å². The fourth-order valence-corrected chi connectivity index (χ4v) is 2.40. The van der Waals surface area contributed by atoms with Gasteiger partial charge >= 0.3 is 6.16 Å². The Hall–Kier alpha value is -1.84. The van der Waals surface area contributed by atoms with Gasteiger partial charge < -0.3 is 19.3 Å². The molecule has 0 bridgehead atoms. The number of hydrogen-bond acceptors (Lipinski definition) is 7. The predicted molar refractivity (Wildman–Crippen MR) is 69.1 cm³/mol. The van der Waals surface area contributed by atoms with Gasteiger partial charge in [-0.25, -0.2) is 4.79 Å². The number of hydrogen-bond donors (Lipinski definition) is 1. The standard InChI is InChI=1S/C10H12BrN5O4/c11-8-12-9(14-13-8)16-3-1-15(2-4-16)7(17)6-5-19-10(18)20-6/h6H,1-5H2,(H,12,13,14). The number of carbonyl (C=O) groups is 2. The van der Waals surface area contributed by atoms with Gasteiger partial charge in [-0.1, -0.05) is 0 Å². The molecule has 1 unspecified atom stereocenters. The van der Waals surface area contributed by atoms with Crippen molar-refractivity contribution in [3.63, 3.8) is 0 Å². The summed E-state index contributed by atoms with van der Waals surface area (Å²) in [5.74, 6) is 0.381. The zero-order valence-corrected chi connectivity index (χ0v) is 12.0. The van der Waals surface area contributed by atoms with E-state index in [2.05, 4.69) is 35.8 Å². The highest BCUT2D eigenvalue weighted by atomic mass is 79.9. The molecule has 2 fully saturated rings. The number of carbonyl (C=O) groups excluding carboxylic acids is 2. The molecule has 1 atom stereocenters. The number of amides is 1. The molecule has 2 aliphatic rings. The van der Waals surface area contributed by atoms with Gasteiger partial charge in [-0.05, 0) is 15.9 Å². The van der Waals surface area contributed by atoms with Crippen LogP contribution in [0.15, 0.2) is 4.73 Å². The molecular weight excluding hydrogens is 334 g/mol. The third-order valence-electron chi connectivity index (χ3n) is 3.19. The molecule has 1 aromatic rings. The first-order valence-corrected chi connectivity index (χ1v) is 6.88. The van der Waals surface area contributed by atoms with Gasteiger partial charge in [0, 0.05) is 26.2 Å². The molecule has 1 N–H and O–H groups in total. The molecule has 3 rings (SSSR count). The summed E-state index contributed by atoms with van der Waals surface area (Å²) in [5.41, 5.74) is 0. The highest BCUT2D eigenvalue weighted by molar-refractivity contribution is 9.10. The summed E-state index contributed by atoms with van der Waals surface area (Å²) in [5, 5.41) is 6.76. The average molecular weight is 346 g/mol. The Kier molecular flexibility index (Phi) is 3.47. The van der Waals surface area contributed by atoms with Crippen molar-refractivity contribution < 1.29 is 19.1 Å². The number of rotatable bonds is 2. The summed E-state index contributed by atoms with van der Waals surface area (Å²) in [6, 6.07) is 0. The topological polar surface area (TPSA) is 101 Å². The maximum Gasteiger partial charge on any atom is 0.509 e. The van der Waals surface area contributed by atoms with Crippen LogP contribution in [0.1, 0.15) is 0 Å². The van der Waals surface area contributed by atoms with Gasteiger partial charge in [0.2, 0.25) is 12.1 Å². The molecule has 1 amide bonds. The maximum atomic E-state index is 12.1. The number of piperazine rings is 1. The van der Waals surface area contributed by atoms with Crippen LogP contribution in [0.5, 0.6) is 0 Å². The van der Waals surface area contributed by atoms with Crippen LogP contribution >= 0.6 is 15.9 Å². The third-order valence-corrected chi connectivity index (χ3v) is 3.54. The van der Waals surface area contributed by atoms with Crippen LogP contribution in [0.2, 0.25) is 0 Å². The van der Waals surface area contributed by atoms with Crippen LogP contribution < -0.4 is 4.90 Å². The molecule has 9 nitrogen and oxygen atoms in total. The van der Waals surface area contributed by atoms with Crippen molar-refractivity contribution in [1.82, 2.24) is 20.1 Å². The second-order valence-electron chi connectivity index (χ2n) is 4.41. The Bertz CT molecular complexity index is 527. The number of halogens is 1. The smallest absolute Gasteiger partial charge is 0.430 e. The number of H-pyrrole nitrogens is 1. The predicted octanol–water partition coefficient (Wildman–Crippen LogP) is -0.249. The summed E-state index contributed by atoms with van der Waals surface area (Å²) >= 11 is 3.20. The van der Waals surface area contributed by atoms with Gasteiger partial charge in [-0.2, -0.15) is 4.98 Å². The zero-order valence-electron chi connectivity index (χ0n) is 10.4. The van der Waals surface area contributed by atoms with E-state index in [9.17, 15) is 9.59 Å². The highest BCUT2D eigenvalue weighted by Crippen LogP contribution is 2.15. The van der Waals surface area contributed by atoms with Gasteiger partial charge in [0.25, 0.3) is 5.91 Å². The molecular formula is C10H12BrN5O4. The lowest BCUT2D eigenvalue weighted by Crippen LogP contribution is -2.52. The average Bonchev–Trinajstić information content (AvgIpc) is 3.07. The molecule has 0 spiro atoms. The Morgan fingerprint density at radius 1 is 1.35 bits per heavy atom. The summed E-state index contributed by atoms with van der Waals surface area (Å²) in [7, 11) is 0. The lowest BCUT2D eigenvalue weighted by molar-refractivity contribution is -0.138. The maximum absolute atomic E-state index is 12.1. The van der Waals surface area contributed by atoms with E-state index in [1.807, 2.05) is 4.90 Å². The molecule has 0 aromatic carbocycles. The quantitative estimate of drug-likeness (QED) is 0.737. The lowest BCUT2D eigenvalue weighted by atomic mass is 10.2. The molecule has 2 saturated heterocycles. The molecule has 1 aromatic heterocycles.